The number of aromatic nitrogens is 2. The maximum absolute atomic E-state index is 12.2. The summed E-state index contributed by atoms with van der Waals surface area (Å²) in [6.45, 7) is 3.69. The fourth-order valence-electron chi connectivity index (χ4n) is 1.79. The van der Waals surface area contributed by atoms with Gasteiger partial charge in [0.25, 0.3) is 5.91 Å². The average molecular weight is 251 g/mol. The number of aliphatic carboxylic acids is 1. The third-order valence-electron chi connectivity index (χ3n) is 2.91. The van der Waals surface area contributed by atoms with E-state index in [1.54, 1.807) is 16.9 Å². The third kappa shape index (κ3) is 2.69. The number of carbonyl (C=O) groups excluding carboxylic acids is 1. The molecule has 1 aromatic rings. The summed E-state index contributed by atoms with van der Waals surface area (Å²) in [6.07, 6.45) is 3.50. The van der Waals surface area contributed by atoms with Crippen LogP contribution in [0, 0.1) is 0 Å². The Kier molecular flexibility index (Phi) is 3.36. The van der Waals surface area contributed by atoms with E-state index >= 15 is 0 Å². The number of carboxylic acid groups (broad SMARTS) is 1. The topological polar surface area (TPSA) is 75.4 Å². The van der Waals surface area contributed by atoms with E-state index in [4.69, 9.17) is 5.11 Å². The molecule has 6 nitrogen and oxygen atoms in total. The molecule has 2 rings (SSSR count). The molecule has 1 aliphatic rings. The highest BCUT2D eigenvalue weighted by molar-refractivity contribution is 5.94. The van der Waals surface area contributed by atoms with Crippen molar-refractivity contribution in [3.05, 3.63) is 18.0 Å². The monoisotopic (exact) mass is 251 g/mol. The molecule has 0 unspecified atom stereocenters. The molecule has 0 spiro atoms. The van der Waals surface area contributed by atoms with Gasteiger partial charge in [-0.05, 0) is 32.8 Å². The van der Waals surface area contributed by atoms with Gasteiger partial charge in [-0.2, -0.15) is 5.10 Å². The minimum Gasteiger partial charge on any atom is -0.480 e. The molecule has 0 atom stereocenters. The second-order valence-corrected chi connectivity index (χ2v) is 4.83. The molecule has 0 aliphatic heterocycles. The fourth-order valence-corrected chi connectivity index (χ4v) is 1.79. The summed E-state index contributed by atoms with van der Waals surface area (Å²) in [5.74, 6) is -1.28. The van der Waals surface area contributed by atoms with Gasteiger partial charge in [-0.25, -0.2) is 0 Å². The van der Waals surface area contributed by atoms with E-state index in [-0.39, 0.29) is 24.5 Å². The van der Waals surface area contributed by atoms with Crippen molar-refractivity contribution in [1.29, 1.82) is 0 Å². The van der Waals surface area contributed by atoms with E-state index < -0.39 is 5.97 Å². The van der Waals surface area contributed by atoms with Crippen LogP contribution >= 0.6 is 0 Å². The maximum atomic E-state index is 12.2. The first-order valence-corrected chi connectivity index (χ1v) is 6.07. The van der Waals surface area contributed by atoms with Crippen LogP contribution in [0.5, 0.6) is 0 Å². The molecule has 18 heavy (non-hydrogen) atoms. The highest BCUT2D eigenvalue weighted by Crippen LogP contribution is 2.27. The molecule has 0 aromatic carbocycles. The highest BCUT2D eigenvalue weighted by Gasteiger charge is 2.35. The van der Waals surface area contributed by atoms with Crippen molar-refractivity contribution < 1.29 is 14.7 Å². The molecule has 0 saturated heterocycles. The van der Waals surface area contributed by atoms with Gasteiger partial charge >= 0.3 is 5.97 Å². The van der Waals surface area contributed by atoms with Crippen LogP contribution in [-0.4, -0.2) is 44.3 Å². The Morgan fingerprint density at radius 2 is 2.22 bits per heavy atom. The number of rotatable bonds is 5. The van der Waals surface area contributed by atoms with Crippen molar-refractivity contribution in [1.82, 2.24) is 14.7 Å². The van der Waals surface area contributed by atoms with E-state index in [1.807, 2.05) is 13.8 Å². The predicted molar refractivity (Wildman–Crippen MR) is 64.3 cm³/mol. The van der Waals surface area contributed by atoms with Gasteiger partial charge in [-0.15, -0.1) is 0 Å². The smallest absolute Gasteiger partial charge is 0.323 e. The second-order valence-electron chi connectivity index (χ2n) is 4.83. The summed E-state index contributed by atoms with van der Waals surface area (Å²) in [6, 6.07) is 1.89. The Morgan fingerprint density at radius 3 is 2.67 bits per heavy atom. The molecule has 6 heteroatoms. The molecule has 1 amide bonds. The lowest BCUT2D eigenvalue weighted by molar-refractivity contribution is -0.137. The van der Waals surface area contributed by atoms with Gasteiger partial charge in [-0.1, -0.05) is 0 Å². The van der Waals surface area contributed by atoms with Crippen molar-refractivity contribution in [2.75, 3.05) is 6.54 Å². The first kappa shape index (κ1) is 12.6. The number of nitrogens with zero attached hydrogens (tertiary/aromatic N) is 3. The zero-order chi connectivity index (χ0) is 13.3. The van der Waals surface area contributed by atoms with Gasteiger partial charge in [0.2, 0.25) is 0 Å². The van der Waals surface area contributed by atoms with Crippen LogP contribution in [0.25, 0.3) is 0 Å². The van der Waals surface area contributed by atoms with Gasteiger partial charge in [-0.3, -0.25) is 14.3 Å². The number of hydrogen-bond donors (Lipinski definition) is 1. The van der Waals surface area contributed by atoms with Gasteiger partial charge < -0.3 is 10.0 Å². The zero-order valence-corrected chi connectivity index (χ0v) is 10.5. The molecule has 1 aliphatic carbocycles. The van der Waals surface area contributed by atoms with Crippen LogP contribution in [0.15, 0.2) is 12.3 Å². The van der Waals surface area contributed by atoms with Gasteiger partial charge in [0.1, 0.15) is 12.2 Å². The Morgan fingerprint density at radius 1 is 1.56 bits per heavy atom. The summed E-state index contributed by atoms with van der Waals surface area (Å²) in [5.41, 5.74) is 0.317. The fraction of sp³-hybridized carbons (Fsp3) is 0.583. The minimum atomic E-state index is -0.987. The predicted octanol–water partition coefficient (Wildman–Crippen LogP) is 1.15. The SMILES string of the molecule is CC(C)n1ccc(C(=O)N(CC(=O)O)C2CC2)n1. The summed E-state index contributed by atoms with van der Waals surface area (Å²) in [7, 11) is 0. The zero-order valence-electron chi connectivity index (χ0n) is 10.5. The lowest BCUT2D eigenvalue weighted by atomic mass is 10.3. The van der Waals surface area contributed by atoms with Crippen LogP contribution in [-0.2, 0) is 4.79 Å². The number of amides is 1. The van der Waals surface area contributed by atoms with Crippen molar-refractivity contribution in [3.63, 3.8) is 0 Å². The molecule has 1 saturated carbocycles. The Bertz CT molecular complexity index is 463. The molecule has 98 valence electrons. The van der Waals surface area contributed by atoms with Crippen molar-refractivity contribution in [3.8, 4) is 0 Å². The largest absolute Gasteiger partial charge is 0.480 e. The summed E-state index contributed by atoms with van der Waals surface area (Å²) < 4.78 is 1.69. The highest BCUT2D eigenvalue weighted by atomic mass is 16.4. The molecule has 0 radical (unpaired) electrons. The second kappa shape index (κ2) is 4.80. The minimum absolute atomic E-state index is 0.0674. The van der Waals surface area contributed by atoms with E-state index in [0.29, 0.717) is 5.69 Å². The van der Waals surface area contributed by atoms with Crippen molar-refractivity contribution in [2.45, 2.75) is 38.8 Å². The van der Waals surface area contributed by atoms with Gasteiger partial charge in [0.05, 0.1) is 0 Å². The maximum Gasteiger partial charge on any atom is 0.323 e. The quantitative estimate of drug-likeness (QED) is 0.851. The van der Waals surface area contributed by atoms with E-state index in [2.05, 4.69) is 5.10 Å². The molecule has 1 aromatic heterocycles. The third-order valence-corrected chi connectivity index (χ3v) is 2.91. The summed E-state index contributed by atoms with van der Waals surface area (Å²) >= 11 is 0. The normalized spacial score (nSPS) is 14.8. The molecule has 1 heterocycles. The van der Waals surface area contributed by atoms with Crippen LogP contribution in [0.4, 0.5) is 0 Å². The first-order chi connectivity index (χ1) is 8.49. The standard InChI is InChI=1S/C12H17N3O3/c1-8(2)15-6-5-10(13-15)12(18)14(7-11(16)17)9-3-4-9/h5-6,8-9H,3-4,7H2,1-2H3,(H,16,17). The van der Waals surface area contributed by atoms with Crippen LogP contribution in [0.2, 0.25) is 0 Å². The van der Waals surface area contributed by atoms with Gasteiger partial charge in [0.15, 0.2) is 0 Å². The van der Waals surface area contributed by atoms with E-state index in [1.165, 1.54) is 4.90 Å². The van der Waals surface area contributed by atoms with Crippen LogP contribution in [0.1, 0.15) is 43.2 Å². The summed E-state index contributed by atoms with van der Waals surface area (Å²) in [4.78, 5) is 24.4. The molecular weight excluding hydrogens is 234 g/mol. The molecule has 1 fully saturated rings. The lowest BCUT2D eigenvalue weighted by Crippen LogP contribution is -2.37. The van der Waals surface area contributed by atoms with Crippen LogP contribution in [0.3, 0.4) is 0 Å². The average Bonchev–Trinajstić information content (AvgIpc) is 3.00. The number of hydrogen-bond acceptors (Lipinski definition) is 3. The van der Waals surface area contributed by atoms with Gasteiger partial charge in [0, 0.05) is 18.3 Å². The van der Waals surface area contributed by atoms with E-state index in [0.717, 1.165) is 12.8 Å². The summed E-state index contributed by atoms with van der Waals surface area (Å²) in [5, 5.41) is 13.0. The number of carboxylic acids is 1. The Hall–Kier alpha value is -1.85. The van der Waals surface area contributed by atoms with Crippen molar-refractivity contribution in [2.24, 2.45) is 0 Å². The van der Waals surface area contributed by atoms with Crippen LogP contribution < -0.4 is 0 Å². The Balaban J connectivity index is 2.14. The lowest BCUT2D eigenvalue weighted by Gasteiger charge is -2.18. The first-order valence-electron chi connectivity index (χ1n) is 6.07. The molecule has 1 N–H and O–H groups in total. The Labute approximate surface area is 105 Å². The number of carbonyl (C=O) groups is 2. The van der Waals surface area contributed by atoms with E-state index in [9.17, 15) is 9.59 Å². The molecule has 0 bridgehead atoms. The molecular formula is C12H17N3O3. The van der Waals surface area contributed by atoms with Crippen molar-refractivity contribution >= 4 is 11.9 Å².